The van der Waals surface area contributed by atoms with Gasteiger partial charge in [0, 0.05) is 66.7 Å². The average molecular weight is 533 g/mol. The predicted octanol–water partition coefficient (Wildman–Crippen LogP) is 4.98. The number of halogens is 3. The molecule has 6 nitrogen and oxygen atoms in total. The molecule has 2 saturated heterocycles. The van der Waals surface area contributed by atoms with E-state index in [1.54, 1.807) is 21.7 Å². The zero-order chi connectivity index (χ0) is 27.1. The Balaban J connectivity index is 1.04. The summed E-state index contributed by atoms with van der Waals surface area (Å²) in [4.78, 5) is 29.5. The molecular weight excluding hydrogens is 505 g/mol. The van der Waals surface area contributed by atoms with Crippen molar-refractivity contribution in [3.8, 4) is 5.69 Å². The lowest BCUT2D eigenvalue weighted by Gasteiger charge is -2.41. The average Bonchev–Trinajstić information content (AvgIpc) is 3.57. The van der Waals surface area contributed by atoms with Gasteiger partial charge in [-0.1, -0.05) is 18.2 Å². The highest BCUT2D eigenvalue weighted by Gasteiger charge is 2.35. The van der Waals surface area contributed by atoms with Crippen molar-refractivity contribution in [3.05, 3.63) is 102 Å². The van der Waals surface area contributed by atoms with Crippen molar-refractivity contribution in [1.82, 2.24) is 19.7 Å². The van der Waals surface area contributed by atoms with Crippen molar-refractivity contribution in [2.45, 2.75) is 24.7 Å². The highest BCUT2D eigenvalue weighted by molar-refractivity contribution is 5.99. The topological polar surface area (TPSA) is 57.6 Å². The van der Waals surface area contributed by atoms with Crippen molar-refractivity contribution >= 4 is 22.7 Å². The number of hydrogen-bond acceptors (Lipinski definition) is 3. The molecule has 0 aliphatic carbocycles. The largest absolute Gasteiger partial charge is 0.416 e. The summed E-state index contributed by atoms with van der Waals surface area (Å²) in [5, 5.41) is 4.43. The maximum atomic E-state index is 13.1. The van der Waals surface area contributed by atoms with E-state index in [9.17, 15) is 22.8 Å². The molecule has 1 N–H and O–H groups in total. The number of carbonyl (C=O) groups is 2. The SMILES string of the molecule is O=C(c1ccccc1)N1CCC(NC2CN(C(=O)c3ccc4c(ccn4-c4ccc(C(F)(F)F)cc4)c3)C2)C1. The lowest BCUT2D eigenvalue weighted by Crippen LogP contribution is -2.62. The van der Waals surface area contributed by atoms with E-state index in [4.69, 9.17) is 0 Å². The summed E-state index contributed by atoms with van der Waals surface area (Å²) in [6.45, 7) is 2.58. The fourth-order valence-corrected chi connectivity index (χ4v) is 5.42. The third kappa shape index (κ3) is 5.02. The van der Waals surface area contributed by atoms with Crippen LogP contribution in [-0.2, 0) is 6.18 Å². The van der Waals surface area contributed by atoms with Gasteiger partial charge in [0.15, 0.2) is 0 Å². The molecule has 1 aromatic heterocycles. The summed E-state index contributed by atoms with van der Waals surface area (Å²) in [6.07, 6.45) is -1.70. The second-order valence-electron chi connectivity index (χ2n) is 10.2. The molecular formula is C30H27F3N4O2. The monoisotopic (exact) mass is 532 g/mol. The zero-order valence-corrected chi connectivity index (χ0v) is 21.1. The van der Waals surface area contributed by atoms with Crippen LogP contribution in [0.1, 0.15) is 32.7 Å². The maximum Gasteiger partial charge on any atom is 0.416 e. The molecule has 0 radical (unpaired) electrons. The van der Waals surface area contributed by atoms with Gasteiger partial charge in [0.1, 0.15) is 0 Å². The lowest BCUT2D eigenvalue weighted by atomic mass is 10.0. The van der Waals surface area contributed by atoms with Gasteiger partial charge in [-0.25, -0.2) is 0 Å². The van der Waals surface area contributed by atoms with E-state index >= 15 is 0 Å². The number of rotatable bonds is 5. The number of aromatic nitrogens is 1. The Bertz CT molecular complexity index is 1510. The first kappa shape index (κ1) is 25.2. The lowest BCUT2D eigenvalue weighted by molar-refractivity contribution is -0.137. The van der Waals surface area contributed by atoms with Crippen LogP contribution in [0.2, 0.25) is 0 Å². The molecule has 39 heavy (non-hydrogen) atoms. The minimum atomic E-state index is -4.38. The van der Waals surface area contributed by atoms with Gasteiger partial charge in [0.2, 0.25) is 0 Å². The van der Waals surface area contributed by atoms with E-state index < -0.39 is 11.7 Å². The van der Waals surface area contributed by atoms with E-state index in [0.29, 0.717) is 43.0 Å². The van der Waals surface area contributed by atoms with E-state index in [2.05, 4.69) is 5.32 Å². The smallest absolute Gasteiger partial charge is 0.337 e. The standard InChI is InChI=1S/C30H27F3N4O2/c31-30(32,33)23-7-9-26(10-8-23)37-15-12-21-16-22(6-11-27(21)37)29(39)36-18-25(19-36)34-24-13-14-35(17-24)28(38)20-4-2-1-3-5-20/h1-12,15-16,24-25,34H,13-14,17-19H2. The molecule has 9 heteroatoms. The van der Waals surface area contributed by atoms with E-state index in [1.807, 2.05) is 53.4 Å². The van der Waals surface area contributed by atoms with Gasteiger partial charge in [-0.05, 0) is 67.1 Å². The van der Waals surface area contributed by atoms with Gasteiger partial charge in [-0.15, -0.1) is 0 Å². The van der Waals surface area contributed by atoms with Crippen molar-refractivity contribution in [3.63, 3.8) is 0 Å². The molecule has 2 aliphatic rings. The first-order valence-electron chi connectivity index (χ1n) is 12.9. The molecule has 3 aromatic carbocycles. The van der Waals surface area contributed by atoms with Crippen LogP contribution in [0, 0.1) is 0 Å². The summed E-state index contributed by atoms with van der Waals surface area (Å²) in [5.74, 6) is -0.00241. The van der Waals surface area contributed by atoms with E-state index in [0.717, 1.165) is 29.5 Å². The van der Waals surface area contributed by atoms with Gasteiger partial charge >= 0.3 is 6.18 Å². The number of benzene rings is 3. The Morgan fingerprint density at radius 1 is 0.769 bits per heavy atom. The minimum absolute atomic E-state index is 0.0489. The Morgan fingerprint density at radius 3 is 2.18 bits per heavy atom. The second-order valence-corrected chi connectivity index (χ2v) is 10.2. The van der Waals surface area contributed by atoms with Crippen LogP contribution in [0.4, 0.5) is 13.2 Å². The van der Waals surface area contributed by atoms with E-state index in [1.165, 1.54) is 12.1 Å². The van der Waals surface area contributed by atoms with Gasteiger partial charge in [0.25, 0.3) is 11.8 Å². The first-order chi connectivity index (χ1) is 18.8. The fraction of sp³-hybridized carbons (Fsp3) is 0.267. The van der Waals surface area contributed by atoms with Gasteiger partial charge in [0.05, 0.1) is 11.1 Å². The molecule has 2 aliphatic heterocycles. The molecule has 2 amide bonds. The highest BCUT2D eigenvalue weighted by Crippen LogP contribution is 2.30. The quantitative estimate of drug-likeness (QED) is 0.395. The van der Waals surface area contributed by atoms with Crippen molar-refractivity contribution in [2.75, 3.05) is 26.2 Å². The van der Waals surface area contributed by atoms with Crippen LogP contribution in [0.15, 0.2) is 85.1 Å². The zero-order valence-electron chi connectivity index (χ0n) is 21.1. The first-order valence-corrected chi connectivity index (χ1v) is 12.9. The number of nitrogens with one attached hydrogen (secondary N) is 1. The van der Waals surface area contributed by atoms with Crippen LogP contribution in [0.25, 0.3) is 16.6 Å². The fourth-order valence-electron chi connectivity index (χ4n) is 5.42. The summed E-state index contributed by atoms with van der Waals surface area (Å²) >= 11 is 0. The van der Waals surface area contributed by atoms with E-state index in [-0.39, 0.29) is 23.9 Å². The molecule has 0 bridgehead atoms. The van der Waals surface area contributed by atoms with Crippen LogP contribution in [-0.4, -0.2) is 64.4 Å². The van der Waals surface area contributed by atoms with Crippen LogP contribution in [0.5, 0.6) is 0 Å². The minimum Gasteiger partial charge on any atom is -0.337 e. The molecule has 3 heterocycles. The highest BCUT2D eigenvalue weighted by atomic mass is 19.4. The second kappa shape index (κ2) is 9.89. The number of fused-ring (bicyclic) bond motifs is 1. The molecule has 6 rings (SSSR count). The molecule has 0 saturated carbocycles. The van der Waals surface area contributed by atoms with Crippen LogP contribution >= 0.6 is 0 Å². The molecule has 200 valence electrons. The number of alkyl halides is 3. The Morgan fingerprint density at radius 2 is 1.46 bits per heavy atom. The third-order valence-corrected chi connectivity index (χ3v) is 7.55. The van der Waals surface area contributed by atoms with Gasteiger partial charge < -0.3 is 19.7 Å². The molecule has 1 unspecified atom stereocenters. The van der Waals surface area contributed by atoms with Gasteiger partial charge in [-0.3, -0.25) is 9.59 Å². The number of hydrogen-bond donors (Lipinski definition) is 1. The molecule has 0 spiro atoms. The van der Waals surface area contributed by atoms with Crippen molar-refractivity contribution in [1.29, 1.82) is 0 Å². The molecule has 2 fully saturated rings. The maximum absolute atomic E-state index is 13.1. The van der Waals surface area contributed by atoms with Gasteiger partial charge in [-0.2, -0.15) is 13.2 Å². The van der Waals surface area contributed by atoms with Crippen molar-refractivity contribution in [2.24, 2.45) is 0 Å². The summed E-state index contributed by atoms with van der Waals surface area (Å²) < 4.78 is 40.5. The summed E-state index contributed by atoms with van der Waals surface area (Å²) in [5.41, 5.74) is 2.01. The number of carbonyl (C=O) groups excluding carboxylic acids is 2. The normalized spacial score (nSPS) is 18.0. The van der Waals surface area contributed by atoms with Crippen LogP contribution in [0.3, 0.4) is 0 Å². The third-order valence-electron chi connectivity index (χ3n) is 7.55. The Hall–Kier alpha value is -4.11. The summed E-state index contributed by atoms with van der Waals surface area (Å²) in [6, 6.07) is 22.0. The number of nitrogens with zero attached hydrogens (tertiary/aromatic N) is 3. The molecule has 4 aromatic rings. The Kier molecular flexibility index (Phi) is 6.38. The molecule has 1 atom stereocenters. The number of likely N-dealkylation sites (tertiary alicyclic amines) is 2. The predicted molar refractivity (Wildman–Crippen MR) is 142 cm³/mol. The Labute approximate surface area is 223 Å². The number of amides is 2. The van der Waals surface area contributed by atoms with Crippen LogP contribution < -0.4 is 5.32 Å². The summed E-state index contributed by atoms with van der Waals surface area (Å²) in [7, 11) is 0. The van der Waals surface area contributed by atoms with Crippen molar-refractivity contribution < 1.29 is 22.8 Å².